The highest BCUT2D eigenvalue weighted by atomic mass is 16.5. The SMILES string of the molecule is CC1(C)CCCC(C)(C)N1C12C(=O)OCC1(C)C2c1ccccc1. The van der Waals surface area contributed by atoms with Gasteiger partial charge in [-0.1, -0.05) is 37.3 Å². The van der Waals surface area contributed by atoms with Gasteiger partial charge in [0.1, 0.15) is 5.54 Å². The molecule has 3 nitrogen and oxygen atoms in total. The van der Waals surface area contributed by atoms with Crippen LogP contribution in [0.5, 0.6) is 0 Å². The Morgan fingerprint density at radius 3 is 2.17 bits per heavy atom. The van der Waals surface area contributed by atoms with Gasteiger partial charge in [0, 0.05) is 22.4 Å². The summed E-state index contributed by atoms with van der Waals surface area (Å²) in [5, 5.41) is 0. The molecule has 2 heterocycles. The summed E-state index contributed by atoms with van der Waals surface area (Å²) in [5.74, 6) is 0.214. The molecule has 2 saturated heterocycles. The fraction of sp³-hybridized carbons (Fsp3) is 0.667. The van der Waals surface area contributed by atoms with Crippen LogP contribution in [-0.2, 0) is 9.53 Å². The Bertz CT molecular complexity index is 664. The molecule has 0 amide bonds. The Hall–Kier alpha value is -1.35. The van der Waals surface area contributed by atoms with Gasteiger partial charge in [-0.15, -0.1) is 0 Å². The van der Waals surface area contributed by atoms with Gasteiger partial charge in [0.2, 0.25) is 0 Å². The quantitative estimate of drug-likeness (QED) is 0.765. The highest BCUT2D eigenvalue weighted by molar-refractivity contribution is 5.93. The van der Waals surface area contributed by atoms with Gasteiger partial charge in [-0.25, -0.2) is 4.79 Å². The molecule has 1 aromatic carbocycles. The number of benzene rings is 1. The van der Waals surface area contributed by atoms with Crippen LogP contribution in [0.2, 0.25) is 0 Å². The number of hydrogen-bond acceptors (Lipinski definition) is 3. The van der Waals surface area contributed by atoms with Crippen LogP contribution in [-0.4, -0.2) is 34.1 Å². The first-order valence-electron chi connectivity index (χ1n) is 9.21. The standard InChI is InChI=1S/C21H29NO2/c1-18(2)12-9-13-19(3,4)22(18)21-16(15-10-7-6-8-11-15)20(21,5)14-24-17(21)23/h6-8,10-11,16H,9,12-14H2,1-5H3. The highest BCUT2D eigenvalue weighted by Gasteiger charge is 2.87. The lowest BCUT2D eigenvalue weighted by molar-refractivity contribution is -0.157. The Balaban J connectivity index is 1.88. The normalized spacial score (nSPS) is 40.0. The molecule has 0 radical (unpaired) electrons. The number of ether oxygens (including phenoxy) is 1. The molecule has 3 heteroatoms. The molecule has 1 aromatic rings. The van der Waals surface area contributed by atoms with Crippen LogP contribution in [0, 0.1) is 5.41 Å². The number of carbonyl (C=O) groups is 1. The molecule has 0 N–H and O–H groups in total. The number of rotatable bonds is 2. The molecule has 3 aliphatic rings. The van der Waals surface area contributed by atoms with Crippen molar-refractivity contribution in [3.05, 3.63) is 35.9 Å². The van der Waals surface area contributed by atoms with Crippen molar-refractivity contribution in [1.82, 2.24) is 4.90 Å². The third-order valence-corrected chi connectivity index (χ3v) is 6.93. The number of cyclic esters (lactones) is 1. The maximum absolute atomic E-state index is 13.1. The fourth-order valence-corrected chi connectivity index (χ4v) is 6.21. The van der Waals surface area contributed by atoms with Crippen LogP contribution < -0.4 is 0 Å². The number of carbonyl (C=O) groups excluding carboxylic acids is 1. The first-order chi connectivity index (χ1) is 11.2. The minimum Gasteiger partial charge on any atom is -0.464 e. The van der Waals surface area contributed by atoms with Crippen molar-refractivity contribution in [2.45, 2.75) is 76.4 Å². The van der Waals surface area contributed by atoms with Crippen LogP contribution in [0.3, 0.4) is 0 Å². The molecule has 1 saturated carbocycles. The average Bonchev–Trinajstić information content (AvgIpc) is 2.94. The van der Waals surface area contributed by atoms with Crippen molar-refractivity contribution in [1.29, 1.82) is 0 Å². The summed E-state index contributed by atoms with van der Waals surface area (Å²) in [6.45, 7) is 12.0. The second kappa shape index (κ2) is 4.63. The van der Waals surface area contributed by atoms with Crippen LogP contribution in [0.25, 0.3) is 0 Å². The largest absolute Gasteiger partial charge is 0.464 e. The number of piperidine rings is 1. The first kappa shape index (κ1) is 16.1. The zero-order chi connectivity index (χ0) is 17.4. The van der Waals surface area contributed by atoms with Gasteiger partial charge in [-0.3, -0.25) is 4.90 Å². The van der Waals surface area contributed by atoms with E-state index in [9.17, 15) is 4.79 Å². The minimum atomic E-state index is -0.512. The van der Waals surface area contributed by atoms with Crippen molar-refractivity contribution in [2.75, 3.05) is 6.61 Å². The Morgan fingerprint density at radius 2 is 1.58 bits per heavy atom. The second-order valence-electron chi connectivity index (χ2n) is 9.42. The van der Waals surface area contributed by atoms with Gasteiger partial charge < -0.3 is 4.74 Å². The molecule has 3 atom stereocenters. The van der Waals surface area contributed by atoms with E-state index in [2.05, 4.69) is 63.8 Å². The summed E-state index contributed by atoms with van der Waals surface area (Å²) in [6.07, 6.45) is 3.47. The summed E-state index contributed by atoms with van der Waals surface area (Å²) in [7, 11) is 0. The molecular weight excluding hydrogens is 298 g/mol. The van der Waals surface area contributed by atoms with Gasteiger partial charge >= 0.3 is 5.97 Å². The molecule has 1 aliphatic carbocycles. The van der Waals surface area contributed by atoms with Crippen LogP contribution in [0.15, 0.2) is 30.3 Å². The molecule has 130 valence electrons. The van der Waals surface area contributed by atoms with Gasteiger partial charge in [0.15, 0.2) is 0 Å². The third-order valence-electron chi connectivity index (χ3n) is 6.93. The molecule has 24 heavy (non-hydrogen) atoms. The Labute approximate surface area is 145 Å². The molecular formula is C21H29NO2. The van der Waals surface area contributed by atoms with Gasteiger partial charge in [0.25, 0.3) is 0 Å². The second-order valence-corrected chi connectivity index (χ2v) is 9.42. The summed E-state index contributed by atoms with van der Waals surface area (Å²) < 4.78 is 5.63. The van der Waals surface area contributed by atoms with Gasteiger partial charge in [-0.05, 0) is 52.5 Å². The average molecular weight is 327 g/mol. The first-order valence-corrected chi connectivity index (χ1v) is 9.21. The lowest BCUT2D eigenvalue weighted by atomic mass is 9.76. The van der Waals surface area contributed by atoms with Crippen molar-refractivity contribution in [3.8, 4) is 0 Å². The molecule has 0 spiro atoms. The lowest BCUT2D eigenvalue weighted by Gasteiger charge is -2.56. The predicted octanol–water partition coefficient (Wildman–Crippen LogP) is 4.13. The van der Waals surface area contributed by atoms with E-state index in [1.165, 1.54) is 12.0 Å². The smallest absolute Gasteiger partial charge is 0.328 e. The summed E-state index contributed by atoms with van der Waals surface area (Å²) in [5.41, 5.74) is 0.624. The zero-order valence-corrected chi connectivity index (χ0v) is 15.6. The minimum absolute atomic E-state index is 0.00407. The topological polar surface area (TPSA) is 29.5 Å². The van der Waals surface area contributed by atoms with E-state index in [0.717, 1.165) is 12.8 Å². The maximum Gasteiger partial charge on any atom is 0.328 e. The Kier molecular flexibility index (Phi) is 3.11. The Morgan fingerprint density at radius 1 is 1.00 bits per heavy atom. The molecule has 0 bridgehead atoms. The monoisotopic (exact) mass is 327 g/mol. The molecule has 2 aliphatic heterocycles. The molecule has 3 fully saturated rings. The van der Waals surface area contributed by atoms with E-state index in [-0.39, 0.29) is 28.4 Å². The summed E-state index contributed by atoms with van der Waals surface area (Å²) in [4.78, 5) is 15.7. The van der Waals surface area contributed by atoms with Crippen molar-refractivity contribution in [3.63, 3.8) is 0 Å². The predicted molar refractivity (Wildman–Crippen MR) is 94.8 cm³/mol. The van der Waals surface area contributed by atoms with Crippen LogP contribution in [0.1, 0.15) is 65.4 Å². The van der Waals surface area contributed by atoms with E-state index < -0.39 is 5.54 Å². The summed E-state index contributed by atoms with van der Waals surface area (Å²) in [6, 6.07) is 10.6. The number of esters is 1. The number of likely N-dealkylation sites (tertiary alicyclic amines) is 1. The zero-order valence-electron chi connectivity index (χ0n) is 15.6. The molecule has 3 unspecified atom stereocenters. The van der Waals surface area contributed by atoms with Gasteiger partial charge in [0.05, 0.1) is 6.61 Å². The molecule has 0 aromatic heterocycles. The number of nitrogens with zero attached hydrogens (tertiary/aromatic N) is 1. The number of hydrogen-bond donors (Lipinski definition) is 0. The lowest BCUT2D eigenvalue weighted by Crippen LogP contribution is -2.66. The van der Waals surface area contributed by atoms with E-state index >= 15 is 0 Å². The van der Waals surface area contributed by atoms with E-state index in [4.69, 9.17) is 4.74 Å². The van der Waals surface area contributed by atoms with E-state index in [0.29, 0.717) is 6.61 Å². The van der Waals surface area contributed by atoms with Crippen molar-refractivity contribution < 1.29 is 9.53 Å². The fourth-order valence-electron chi connectivity index (χ4n) is 6.21. The number of fused-ring (bicyclic) bond motifs is 1. The van der Waals surface area contributed by atoms with Crippen molar-refractivity contribution >= 4 is 5.97 Å². The molecule has 4 rings (SSSR count). The maximum atomic E-state index is 13.1. The van der Waals surface area contributed by atoms with Crippen LogP contribution in [0.4, 0.5) is 0 Å². The van der Waals surface area contributed by atoms with Crippen molar-refractivity contribution in [2.24, 2.45) is 5.41 Å². The van der Waals surface area contributed by atoms with Gasteiger partial charge in [-0.2, -0.15) is 0 Å². The third kappa shape index (κ3) is 1.74. The van der Waals surface area contributed by atoms with E-state index in [1.807, 2.05) is 6.07 Å². The van der Waals surface area contributed by atoms with E-state index in [1.54, 1.807) is 0 Å². The highest BCUT2D eigenvalue weighted by Crippen LogP contribution is 2.76. The summed E-state index contributed by atoms with van der Waals surface area (Å²) >= 11 is 0. The van der Waals surface area contributed by atoms with Crippen LogP contribution >= 0.6 is 0 Å².